The third-order valence-electron chi connectivity index (χ3n) is 6.02. The first-order chi connectivity index (χ1) is 16.1. The van der Waals surface area contributed by atoms with Crippen molar-refractivity contribution >= 4 is 11.0 Å². The lowest BCUT2D eigenvalue weighted by molar-refractivity contribution is 0.0910. The van der Waals surface area contributed by atoms with E-state index in [1.807, 2.05) is 23.1 Å². The number of aromatic nitrogens is 5. The molecule has 1 aliphatic rings. The minimum atomic E-state index is -0.633. The van der Waals surface area contributed by atoms with Crippen molar-refractivity contribution in [3.8, 4) is 17.0 Å². The van der Waals surface area contributed by atoms with Gasteiger partial charge in [-0.1, -0.05) is 0 Å². The number of H-pyrrole nitrogens is 1. The first kappa shape index (κ1) is 21.5. The average molecular weight is 453 g/mol. The molecule has 0 amide bonds. The number of aromatic amines is 1. The fraction of sp³-hybridized carbons (Fsp3) is 0.348. The van der Waals surface area contributed by atoms with Gasteiger partial charge in [0.25, 0.3) is 0 Å². The molecule has 1 atom stereocenters. The molecular formula is C23H25F2N7O. The molecule has 1 aliphatic heterocycles. The Balaban J connectivity index is 1.21. The minimum Gasteiger partial charge on any atom is -0.490 e. The molecule has 3 aromatic heterocycles. The van der Waals surface area contributed by atoms with Gasteiger partial charge in [0, 0.05) is 67.7 Å². The van der Waals surface area contributed by atoms with Crippen LogP contribution >= 0.6 is 0 Å². The van der Waals surface area contributed by atoms with Gasteiger partial charge >= 0.3 is 0 Å². The second-order valence-electron chi connectivity index (χ2n) is 8.28. The Labute approximate surface area is 189 Å². The maximum absolute atomic E-state index is 13.4. The predicted octanol–water partition coefficient (Wildman–Crippen LogP) is 3.14. The second-order valence-corrected chi connectivity index (χ2v) is 8.28. The maximum Gasteiger partial charge on any atom is 0.141 e. The number of benzene rings is 1. The molecular weight excluding hydrogens is 428 g/mol. The van der Waals surface area contributed by atoms with Gasteiger partial charge < -0.3 is 20.4 Å². The fourth-order valence-corrected chi connectivity index (χ4v) is 4.33. The Bertz CT molecular complexity index is 1210. The Morgan fingerprint density at radius 1 is 1.15 bits per heavy atom. The quantitative estimate of drug-likeness (QED) is 0.446. The molecule has 10 heteroatoms. The molecule has 1 fully saturated rings. The van der Waals surface area contributed by atoms with E-state index in [4.69, 9.17) is 10.5 Å². The minimum absolute atomic E-state index is 0.0112. The highest BCUT2D eigenvalue weighted by Gasteiger charge is 2.24. The molecule has 172 valence electrons. The number of hydrogen-bond acceptors (Lipinski definition) is 6. The number of ether oxygens (including phenoxy) is 1. The fourth-order valence-electron chi connectivity index (χ4n) is 4.33. The van der Waals surface area contributed by atoms with E-state index in [0.717, 1.165) is 60.8 Å². The first-order valence-corrected chi connectivity index (χ1v) is 11.0. The van der Waals surface area contributed by atoms with Gasteiger partial charge in [-0.3, -0.25) is 4.68 Å². The molecule has 3 N–H and O–H groups in total. The van der Waals surface area contributed by atoms with Gasteiger partial charge in [0.05, 0.1) is 17.9 Å². The number of halogens is 2. The number of nitrogens with two attached hydrogens (primary N) is 1. The topological polar surface area (TPSA) is 97.9 Å². The van der Waals surface area contributed by atoms with Gasteiger partial charge in [0.1, 0.15) is 35.5 Å². The number of rotatable bonds is 7. The number of nitrogens with one attached hydrogen (secondary N) is 1. The summed E-state index contributed by atoms with van der Waals surface area (Å²) < 4.78 is 34.5. The van der Waals surface area contributed by atoms with Crippen LogP contribution < -0.4 is 10.5 Å². The molecule has 8 nitrogen and oxygen atoms in total. The highest BCUT2D eigenvalue weighted by molar-refractivity contribution is 5.89. The summed E-state index contributed by atoms with van der Waals surface area (Å²) in [6.07, 6.45) is 8.62. The molecule has 1 aromatic carbocycles. The number of nitrogens with zero attached hydrogens (tertiary/aromatic N) is 5. The third-order valence-corrected chi connectivity index (χ3v) is 6.02. The Morgan fingerprint density at radius 2 is 1.94 bits per heavy atom. The number of likely N-dealkylation sites (tertiary alicyclic amines) is 1. The SMILES string of the molecule is NCC(CN1CCC(Oc2cc(F)cc(F)c2)CC1)n1cc(-c2ncnc3[nH]ccc23)cn1. The average Bonchev–Trinajstić information content (AvgIpc) is 3.47. The Kier molecular flexibility index (Phi) is 6.01. The van der Waals surface area contributed by atoms with E-state index in [2.05, 4.69) is 25.0 Å². The second kappa shape index (κ2) is 9.24. The summed E-state index contributed by atoms with van der Waals surface area (Å²) in [5.41, 5.74) is 8.61. The van der Waals surface area contributed by atoms with Crippen LogP contribution in [-0.4, -0.2) is 61.9 Å². The molecule has 0 spiro atoms. The zero-order valence-electron chi connectivity index (χ0n) is 18.0. The molecule has 0 bridgehead atoms. The summed E-state index contributed by atoms with van der Waals surface area (Å²) >= 11 is 0. The smallest absolute Gasteiger partial charge is 0.141 e. The van der Waals surface area contributed by atoms with E-state index in [1.54, 1.807) is 6.20 Å². The predicted molar refractivity (Wildman–Crippen MR) is 120 cm³/mol. The monoisotopic (exact) mass is 453 g/mol. The molecule has 33 heavy (non-hydrogen) atoms. The lowest BCUT2D eigenvalue weighted by Crippen LogP contribution is -2.42. The van der Waals surface area contributed by atoms with Crippen LogP contribution in [0.25, 0.3) is 22.3 Å². The lowest BCUT2D eigenvalue weighted by Gasteiger charge is -2.34. The van der Waals surface area contributed by atoms with E-state index < -0.39 is 11.6 Å². The van der Waals surface area contributed by atoms with Crippen LogP contribution in [0.2, 0.25) is 0 Å². The van der Waals surface area contributed by atoms with Gasteiger partial charge in [-0.2, -0.15) is 5.10 Å². The highest BCUT2D eigenvalue weighted by Crippen LogP contribution is 2.26. The molecule has 0 radical (unpaired) electrons. The van der Waals surface area contributed by atoms with Gasteiger partial charge in [-0.05, 0) is 18.9 Å². The number of piperidine rings is 1. The maximum atomic E-state index is 13.4. The number of fused-ring (bicyclic) bond motifs is 1. The normalized spacial score (nSPS) is 16.3. The van der Waals surface area contributed by atoms with Crippen molar-refractivity contribution in [1.82, 2.24) is 29.6 Å². The van der Waals surface area contributed by atoms with Crippen molar-refractivity contribution in [3.05, 3.63) is 60.8 Å². The van der Waals surface area contributed by atoms with Gasteiger partial charge in [-0.25, -0.2) is 18.7 Å². The van der Waals surface area contributed by atoms with Crippen LogP contribution in [0.3, 0.4) is 0 Å². The lowest BCUT2D eigenvalue weighted by atomic mass is 10.1. The van der Waals surface area contributed by atoms with E-state index in [0.29, 0.717) is 6.54 Å². The van der Waals surface area contributed by atoms with Crippen LogP contribution in [0, 0.1) is 11.6 Å². The third kappa shape index (κ3) is 4.71. The Morgan fingerprint density at radius 3 is 2.70 bits per heavy atom. The summed E-state index contributed by atoms with van der Waals surface area (Å²) in [7, 11) is 0. The Hall–Kier alpha value is -3.37. The molecule has 1 unspecified atom stereocenters. The van der Waals surface area contributed by atoms with Gasteiger partial charge in [-0.15, -0.1) is 0 Å². The molecule has 5 rings (SSSR count). The van der Waals surface area contributed by atoms with Crippen LogP contribution in [0.15, 0.2) is 49.2 Å². The first-order valence-electron chi connectivity index (χ1n) is 11.0. The van der Waals surface area contributed by atoms with Crippen LogP contribution in [0.1, 0.15) is 18.9 Å². The van der Waals surface area contributed by atoms with Crippen molar-refractivity contribution in [2.24, 2.45) is 5.73 Å². The van der Waals surface area contributed by atoms with Crippen LogP contribution in [-0.2, 0) is 0 Å². The van der Waals surface area contributed by atoms with Crippen molar-refractivity contribution in [2.75, 3.05) is 26.2 Å². The standard InChI is InChI=1S/C23H25F2N7O/c24-16-7-17(25)9-20(8-16)33-19-2-5-31(6-3-19)13-18(10-26)32-12-15(11-30-32)22-21-1-4-27-23(21)29-14-28-22/h1,4,7-9,11-12,14,18-19H,2-3,5-6,10,13,26H2,(H,27,28,29). The molecule has 1 saturated heterocycles. The van der Waals surface area contributed by atoms with Crippen molar-refractivity contribution in [3.63, 3.8) is 0 Å². The molecule has 0 saturated carbocycles. The summed E-state index contributed by atoms with van der Waals surface area (Å²) in [5.74, 6) is -1.03. The zero-order chi connectivity index (χ0) is 22.8. The molecule has 0 aliphatic carbocycles. The summed E-state index contributed by atoms with van der Waals surface area (Å²) in [5, 5.41) is 5.50. The van der Waals surface area contributed by atoms with Crippen molar-refractivity contribution in [1.29, 1.82) is 0 Å². The highest BCUT2D eigenvalue weighted by atomic mass is 19.1. The van der Waals surface area contributed by atoms with Crippen molar-refractivity contribution in [2.45, 2.75) is 25.0 Å². The summed E-state index contributed by atoms with van der Waals surface area (Å²) in [6.45, 7) is 2.82. The van der Waals surface area contributed by atoms with E-state index >= 15 is 0 Å². The summed E-state index contributed by atoms with van der Waals surface area (Å²) in [6, 6.07) is 5.24. The zero-order valence-corrected chi connectivity index (χ0v) is 18.0. The van der Waals surface area contributed by atoms with Crippen LogP contribution in [0.5, 0.6) is 5.75 Å². The van der Waals surface area contributed by atoms with Gasteiger partial charge in [0.2, 0.25) is 0 Å². The molecule has 4 aromatic rings. The number of hydrogen-bond donors (Lipinski definition) is 2. The van der Waals surface area contributed by atoms with E-state index in [1.165, 1.54) is 18.5 Å². The van der Waals surface area contributed by atoms with Crippen LogP contribution in [0.4, 0.5) is 8.78 Å². The van der Waals surface area contributed by atoms with Gasteiger partial charge in [0.15, 0.2) is 0 Å². The molecule has 4 heterocycles. The summed E-state index contributed by atoms with van der Waals surface area (Å²) in [4.78, 5) is 14.1. The van der Waals surface area contributed by atoms with E-state index in [9.17, 15) is 8.78 Å². The largest absolute Gasteiger partial charge is 0.490 e. The van der Waals surface area contributed by atoms with Crippen molar-refractivity contribution < 1.29 is 13.5 Å². The van der Waals surface area contributed by atoms with E-state index in [-0.39, 0.29) is 17.9 Å².